The van der Waals surface area contributed by atoms with Gasteiger partial charge in [0.2, 0.25) is 0 Å². The molecule has 0 bridgehead atoms. The van der Waals surface area contributed by atoms with Crippen LogP contribution in [0.1, 0.15) is 5.56 Å². The molecular formula is C11H12N2S. The van der Waals surface area contributed by atoms with Crippen molar-refractivity contribution in [1.82, 2.24) is 4.98 Å². The van der Waals surface area contributed by atoms with Crippen molar-refractivity contribution >= 4 is 32.8 Å². The van der Waals surface area contributed by atoms with Gasteiger partial charge >= 0.3 is 0 Å². The molecule has 2 nitrogen and oxygen atoms in total. The summed E-state index contributed by atoms with van der Waals surface area (Å²) >= 11 is 1.71. The quantitative estimate of drug-likeness (QED) is 0.747. The second-order valence-corrected chi connectivity index (χ2v) is 4.33. The molecule has 0 aliphatic carbocycles. The van der Waals surface area contributed by atoms with Crippen molar-refractivity contribution in [2.75, 3.05) is 19.0 Å². The van der Waals surface area contributed by atoms with Crippen LogP contribution in [0.15, 0.2) is 24.8 Å². The standard InChI is InChI=1S/C11H12N2S/c1-4-8-5-6-10-9(7-8)12-11(14-10)13(2)3/h4-7H,1H2,2-3H3. The van der Waals surface area contributed by atoms with Gasteiger partial charge in [-0.05, 0) is 17.7 Å². The Morgan fingerprint density at radius 3 is 2.86 bits per heavy atom. The SMILES string of the molecule is C=Cc1ccc2sc(N(C)C)nc2c1. The fraction of sp³-hybridized carbons (Fsp3) is 0.182. The van der Waals surface area contributed by atoms with Crippen LogP contribution in [0.3, 0.4) is 0 Å². The molecule has 0 aliphatic heterocycles. The summed E-state index contributed by atoms with van der Waals surface area (Å²) < 4.78 is 1.22. The van der Waals surface area contributed by atoms with Crippen molar-refractivity contribution < 1.29 is 0 Å². The summed E-state index contributed by atoms with van der Waals surface area (Å²) in [5, 5.41) is 1.04. The Morgan fingerprint density at radius 1 is 1.43 bits per heavy atom. The monoisotopic (exact) mass is 204 g/mol. The van der Waals surface area contributed by atoms with Gasteiger partial charge < -0.3 is 4.90 Å². The van der Waals surface area contributed by atoms with E-state index < -0.39 is 0 Å². The highest BCUT2D eigenvalue weighted by atomic mass is 32.1. The molecule has 0 atom stereocenters. The number of nitrogens with zero attached hydrogens (tertiary/aromatic N) is 2. The summed E-state index contributed by atoms with van der Waals surface area (Å²) in [4.78, 5) is 6.54. The van der Waals surface area contributed by atoms with Gasteiger partial charge in [0.15, 0.2) is 5.13 Å². The van der Waals surface area contributed by atoms with Crippen LogP contribution in [0, 0.1) is 0 Å². The molecule has 2 rings (SSSR count). The Morgan fingerprint density at radius 2 is 2.21 bits per heavy atom. The van der Waals surface area contributed by atoms with Gasteiger partial charge in [-0.15, -0.1) is 0 Å². The second kappa shape index (κ2) is 3.42. The molecule has 3 heteroatoms. The predicted octanol–water partition coefficient (Wildman–Crippen LogP) is 3.01. The summed E-state index contributed by atoms with van der Waals surface area (Å²) in [5.74, 6) is 0. The molecule has 0 unspecified atom stereocenters. The maximum absolute atomic E-state index is 4.52. The lowest BCUT2D eigenvalue weighted by Gasteiger charge is -2.04. The molecule has 2 aromatic rings. The Balaban J connectivity index is 2.59. The molecule has 0 aliphatic rings. The van der Waals surface area contributed by atoms with Crippen LogP contribution < -0.4 is 4.90 Å². The highest BCUT2D eigenvalue weighted by molar-refractivity contribution is 7.22. The molecule has 1 aromatic heterocycles. The maximum Gasteiger partial charge on any atom is 0.185 e. The third-order valence-corrected chi connectivity index (χ3v) is 3.22. The normalized spacial score (nSPS) is 10.4. The lowest BCUT2D eigenvalue weighted by atomic mass is 10.2. The van der Waals surface area contributed by atoms with E-state index in [2.05, 4.69) is 29.8 Å². The summed E-state index contributed by atoms with van der Waals surface area (Å²) in [6.45, 7) is 3.74. The van der Waals surface area contributed by atoms with Crippen molar-refractivity contribution in [3.63, 3.8) is 0 Å². The topological polar surface area (TPSA) is 16.1 Å². The van der Waals surface area contributed by atoms with Crippen LogP contribution in [0.4, 0.5) is 5.13 Å². The highest BCUT2D eigenvalue weighted by Crippen LogP contribution is 2.28. The number of fused-ring (bicyclic) bond motifs is 1. The van der Waals surface area contributed by atoms with E-state index in [9.17, 15) is 0 Å². The summed E-state index contributed by atoms with van der Waals surface area (Å²) in [5.41, 5.74) is 2.17. The molecule has 1 aromatic carbocycles. The second-order valence-electron chi connectivity index (χ2n) is 3.32. The highest BCUT2D eigenvalue weighted by Gasteiger charge is 2.04. The Kier molecular flexibility index (Phi) is 2.25. The Bertz CT molecular complexity index is 471. The van der Waals surface area contributed by atoms with Gasteiger partial charge in [0, 0.05) is 14.1 Å². The molecule has 1 heterocycles. The van der Waals surface area contributed by atoms with Crippen LogP contribution in [-0.4, -0.2) is 19.1 Å². The molecule has 0 fully saturated rings. The van der Waals surface area contributed by atoms with Gasteiger partial charge in [0.25, 0.3) is 0 Å². The zero-order valence-electron chi connectivity index (χ0n) is 8.32. The average Bonchev–Trinajstić information content (AvgIpc) is 2.59. The van der Waals surface area contributed by atoms with E-state index in [4.69, 9.17) is 0 Å². The van der Waals surface area contributed by atoms with E-state index in [0.717, 1.165) is 16.2 Å². The molecule has 0 saturated heterocycles. The molecule has 0 saturated carbocycles. The van der Waals surface area contributed by atoms with Gasteiger partial charge in [0.1, 0.15) is 0 Å². The predicted molar refractivity (Wildman–Crippen MR) is 64.0 cm³/mol. The lowest BCUT2D eigenvalue weighted by molar-refractivity contribution is 1.11. The minimum Gasteiger partial charge on any atom is -0.354 e. The molecule has 0 radical (unpaired) electrons. The molecule has 0 N–H and O–H groups in total. The van der Waals surface area contributed by atoms with Crippen LogP contribution >= 0.6 is 11.3 Å². The van der Waals surface area contributed by atoms with Gasteiger partial charge in [-0.1, -0.05) is 30.1 Å². The first kappa shape index (κ1) is 9.21. The van der Waals surface area contributed by atoms with Crippen molar-refractivity contribution in [2.45, 2.75) is 0 Å². The fourth-order valence-corrected chi connectivity index (χ4v) is 2.12. The van der Waals surface area contributed by atoms with Crippen LogP contribution in [0.5, 0.6) is 0 Å². The third-order valence-electron chi connectivity index (χ3n) is 2.02. The zero-order chi connectivity index (χ0) is 10.1. The summed E-state index contributed by atoms with van der Waals surface area (Å²) in [6.07, 6.45) is 1.84. The van der Waals surface area contributed by atoms with E-state index in [1.54, 1.807) is 11.3 Å². The number of thiazole rings is 1. The van der Waals surface area contributed by atoms with Crippen LogP contribution in [-0.2, 0) is 0 Å². The van der Waals surface area contributed by atoms with Gasteiger partial charge in [-0.25, -0.2) is 4.98 Å². The number of hydrogen-bond donors (Lipinski definition) is 0. The Hall–Kier alpha value is -1.35. The van der Waals surface area contributed by atoms with Crippen molar-refractivity contribution in [3.05, 3.63) is 30.3 Å². The molecule has 14 heavy (non-hydrogen) atoms. The van der Waals surface area contributed by atoms with E-state index in [1.807, 2.05) is 25.1 Å². The minimum atomic E-state index is 1.04. The number of rotatable bonds is 2. The number of anilines is 1. The third kappa shape index (κ3) is 1.51. The van der Waals surface area contributed by atoms with E-state index in [1.165, 1.54) is 4.70 Å². The summed E-state index contributed by atoms with van der Waals surface area (Å²) in [6, 6.07) is 6.22. The van der Waals surface area contributed by atoms with E-state index >= 15 is 0 Å². The fourth-order valence-electron chi connectivity index (χ4n) is 1.25. The Labute approximate surface area is 87.5 Å². The first-order chi connectivity index (χ1) is 6.70. The largest absolute Gasteiger partial charge is 0.354 e. The molecule has 0 amide bonds. The van der Waals surface area contributed by atoms with Gasteiger partial charge in [-0.3, -0.25) is 0 Å². The number of benzene rings is 1. The molecule has 0 spiro atoms. The zero-order valence-corrected chi connectivity index (χ0v) is 9.14. The van der Waals surface area contributed by atoms with E-state index in [0.29, 0.717) is 0 Å². The summed E-state index contributed by atoms with van der Waals surface area (Å²) in [7, 11) is 4.01. The van der Waals surface area contributed by atoms with Crippen molar-refractivity contribution in [3.8, 4) is 0 Å². The van der Waals surface area contributed by atoms with Crippen LogP contribution in [0.25, 0.3) is 16.3 Å². The number of hydrogen-bond acceptors (Lipinski definition) is 3. The minimum absolute atomic E-state index is 1.04. The average molecular weight is 204 g/mol. The maximum atomic E-state index is 4.52. The van der Waals surface area contributed by atoms with Gasteiger partial charge in [0.05, 0.1) is 10.2 Å². The van der Waals surface area contributed by atoms with Crippen LogP contribution in [0.2, 0.25) is 0 Å². The number of aromatic nitrogens is 1. The smallest absolute Gasteiger partial charge is 0.185 e. The first-order valence-corrected chi connectivity index (χ1v) is 5.22. The first-order valence-electron chi connectivity index (χ1n) is 4.41. The van der Waals surface area contributed by atoms with E-state index in [-0.39, 0.29) is 0 Å². The van der Waals surface area contributed by atoms with Crippen molar-refractivity contribution in [2.24, 2.45) is 0 Å². The molecular weight excluding hydrogens is 192 g/mol. The lowest BCUT2D eigenvalue weighted by Crippen LogP contribution is -2.07. The van der Waals surface area contributed by atoms with Crippen molar-refractivity contribution in [1.29, 1.82) is 0 Å². The van der Waals surface area contributed by atoms with Gasteiger partial charge in [-0.2, -0.15) is 0 Å². The molecule has 72 valence electrons.